The SMILES string of the molecule is COc1cccc(CC(=O)N2CCc3c(c(-c4nc(-c5cccc(F)c5)no4)nn3C)C2)c1. The standard InChI is InChI=1S/C24H22FN5O3/c1-29-20-9-10-30(21(31)12-15-5-3-8-18(11-15)32-2)14-19(20)22(27-29)24-26-23(28-33-24)16-6-4-7-17(25)13-16/h3-8,11,13H,9-10,12,14H2,1-2H3. The van der Waals surface area contributed by atoms with Crippen molar-refractivity contribution in [1.82, 2.24) is 24.8 Å². The number of aryl methyl sites for hydroxylation is 1. The molecular weight excluding hydrogens is 425 g/mol. The van der Waals surface area contributed by atoms with Gasteiger partial charge in [-0.05, 0) is 29.8 Å². The van der Waals surface area contributed by atoms with Gasteiger partial charge in [0.15, 0.2) is 5.69 Å². The van der Waals surface area contributed by atoms with Gasteiger partial charge < -0.3 is 14.2 Å². The van der Waals surface area contributed by atoms with Crippen molar-refractivity contribution in [3.8, 4) is 28.7 Å². The maximum absolute atomic E-state index is 13.6. The van der Waals surface area contributed by atoms with Crippen LogP contribution in [0.1, 0.15) is 16.8 Å². The molecule has 3 heterocycles. The summed E-state index contributed by atoms with van der Waals surface area (Å²) in [5.74, 6) is 0.897. The molecule has 0 atom stereocenters. The van der Waals surface area contributed by atoms with Crippen LogP contribution in [0.2, 0.25) is 0 Å². The molecule has 1 aliphatic heterocycles. The summed E-state index contributed by atoms with van der Waals surface area (Å²) in [7, 11) is 3.47. The second kappa shape index (κ2) is 8.50. The highest BCUT2D eigenvalue weighted by atomic mass is 19.1. The van der Waals surface area contributed by atoms with Gasteiger partial charge in [0.25, 0.3) is 5.89 Å². The van der Waals surface area contributed by atoms with E-state index in [-0.39, 0.29) is 29.9 Å². The molecule has 9 heteroatoms. The second-order valence-corrected chi connectivity index (χ2v) is 7.92. The summed E-state index contributed by atoms with van der Waals surface area (Å²) in [5, 5.41) is 8.57. The quantitative estimate of drug-likeness (QED) is 0.466. The van der Waals surface area contributed by atoms with E-state index in [9.17, 15) is 9.18 Å². The molecule has 0 N–H and O–H groups in total. The molecule has 5 rings (SSSR count). The van der Waals surface area contributed by atoms with Crippen molar-refractivity contribution in [2.45, 2.75) is 19.4 Å². The molecule has 0 unspecified atom stereocenters. The Morgan fingerprint density at radius 2 is 2.06 bits per heavy atom. The predicted molar refractivity (Wildman–Crippen MR) is 118 cm³/mol. The fourth-order valence-electron chi connectivity index (χ4n) is 4.11. The van der Waals surface area contributed by atoms with E-state index in [4.69, 9.17) is 9.26 Å². The predicted octanol–water partition coefficient (Wildman–Crippen LogP) is 3.41. The lowest BCUT2D eigenvalue weighted by molar-refractivity contribution is -0.131. The third-order valence-corrected chi connectivity index (χ3v) is 5.80. The van der Waals surface area contributed by atoms with Gasteiger partial charge in [-0.25, -0.2) is 4.39 Å². The zero-order valence-electron chi connectivity index (χ0n) is 18.3. The third-order valence-electron chi connectivity index (χ3n) is 5.80. The number of fused-ring (bicyclic) bond motifs is 1. The first-order chi connectivity index (χ1) is 16.0. The van der Waals surface area contributed by atoms with Crippen molar-refractivity contribution < 1.29 is 18.4 Å². The molecule has 1 aliphatic rings. The van der Waals surface area contributed by atoms with Crippen LogP contribution >= 0.6 is 0 Å². The lowest BCUT2D eigenvalue weighted by Gasteiger charge is -2.27. The minimum atomic E-state index is -0.376. The number of hydrogen-bond donors (Lipinski definition) is 0. The average molecular weight is 447 g/mol. The van der Waals surface area contributed by atoms with Gasteiger partial charge in [0.05, 0.1) is 13.5 Å². The molecule has 4 aromatic rings. The molecule has 2 aromatic heterocycles. The summed E-state index contributed by atoms with van der Waals surface area (Å²) < 4.78 is 26.1. The van der Waals surface area contributed by atoms with Crippen molar-refractivity contribution >= 4 is 5.91 Å². The average Bonchev–Trinajstić information content (AvgIpc) is 3.44. The van der Waals surface area contributed by atoms with Crippen molar-refractivity contribution in [3.05, 3.63) is 71.2 Å². The van der Waals surface area contributed by atoms with E-state index in [0.717, 1.165) is 22.6 Å². The summed E-state index contributed by atoms with van der Waals surface area (Å²) in [6.45, 7) is 1.01. The number of nitrogens with zero attached hydrogens (tertiary/aromatic N) is 5. The van der Waals surface area contributed by atoms with Crippen LogP contribution in [0.3, 0.4) is 0 Å². The highest BCUT2D eigenvalue weighted by Gasteiger charge is 2.29. The number of rotatable bonds is 5. The lowest BCUT2D eigenvalue weighted by Crippen LogP contribution is -2.37. The van der Waals surface area contributed by atoms with Gasteiger partial charge in [-0.2, -0.15) is 10.1 Å². The maximum atomic E-state index is 13.6. The van der Waals surface area contributed by atoms with Crippen LogP contribution in [-0.4, -0.2) is 44.4 Å². The highest BCUT2D eigenvalue weighted by Crippen LogP contribution is 2.30. The Morgan fingerprint density at radius 1 is 1.21 bits per heavy atom. The van der Waals surface area contributed by atoms with E-state index in [1.807, 2.05) is 36.2 Å². The van der Waals surface area contributed by atoms with Crippen LogP contribution in [0, 0.1) is 5.82 Å². The normalized spacial score (nSPS) is 13.1. The fraction of sp³-hybridized carbons (Fsp3) is 0.250. The maximum Gasteiger partial charge on any atom is 0.279 e. The molecule has 0 saturated carbocycles. The fourth-order valence-corrected chi connectivity index (χ4v) is 4.11. The number of ether oxygens (including phenoxy) is 1. The Hall–Kier alpha value is -4.01. The number of carbonyl (C=O) groups excluding carboxylic acids is 1. The Kier molecular flexibility index (Phi) is 5.37. The largest absolute Gasteiger partial charge is 0.497 e. The van der Waals surface area contributed by atoms with Gasteiger partial charge >= 0.3 is 0 Å². The van der Waals surface area contributed by atoms with Gasteiger partial charge in [0.2, 0.25) is 11.7 Å². The first-order valence-corrected chi connectivity index (χ1v) is 10.6. The molecule has 0 saturated heterocycles. The van der Waals surface area contributed by atoms with Gasteiger partial charge in [-0.3, -0.25) is 9.48 Å². The van der Waals surface area contributed by atoms with Gasteiger partial charge in [-0.1, -0.05) is 29.4 Å². The number of methoxy groups -OCH3 is 1. The molecule has 0 aliphatic carbocycles. The van der Waals surface area contributed by atoms with Crippen LogP contribution in [0.5, 0.6) is 5.75 Å². The number of aromatic nitrogens is 4. The summed E-state index contributed by atoms with van der Waals surface area (Å²) in [4.78, 5) is 19.3. The van der Waals surface area contributed by atoms with Gasteiger partial charge in [0.1, 0.15) is 11.6 Å². The number of amides is 1. The first kappa shape index (κ1) is 20.9. The number of benzene rings is 2. The van der Waals surface area contributed by atoms with Crippen LogP contribution in [0.4, 0.5) is 4.39 Å². The van der Waals surface area contributed by atoms with E-state index in [1.165, 1.54) is 12.1 Å². The number of halogens is 1. The van der Waals surface area contributed by atoms with Crippen LogP contribution in [0.25, 0.3) is 23.0 Å². The minimum absolute atomic E-state index is 0.0229. The zero-order valence-corrected chi connectivity index (χ0v) is 18.3. The molecule has 0 radical (unpaired) electrons. The smallest absolute Gasteiger partial charge is 0.279 e. The molecule has 2 aromatic carbocycles. The lowest BCUT2D eigenvalue weighted by atomic mass is 10.0. The molecule has 8 nitrogen and oxygen atoms in total. The molecule has 0 bridgehead atoms. The van der Waals surface area contributed by atoms with Crippen molar-refractivity contribution in [2.24, 2.45) is 7.05 Å². The zero-order chi connectivity index (χ0) is 22.9. The summed E-state index contributed by atoms with van der Waals surface area (Å²) in [5.41, 5.74) is 3.87. The molecule has 1 amide bonds. The first-order valence-electron chi connectivity index (χ1n) is 10.6. The van der Waals surface area contributed by atoms with Crippen molar-refractivity contribution in [3.63, 3.8) is 0 Å². The highest BCUT2D eigenvalue weighted by molar-refractivity contribution is 5.79. The third kappa shape index (κ3) is 4.09. The Balaban J connectivity index is 1.39. The van der Waals surface area contributed by atoms with E-state index in [0.29, 0.717) is 30.8 Å². The topological polar surface area (TPSA) is 86.3 Å². The number of carbonyl (C=O) groups is 1. The van der Waals surface area contributed by atoms with Crippen molar-refractivity contribution in [2.75, 3.05) is 13.7 Å². The molecule has 168 valence electrons. The van der Waals surface area contributed by atoms with Crippen LogP contribution < -0.4 is 4.74 Å². The van der Waals surface area contributed by atoms with Crippen LogP contribution in [0.15, 0.2) is 53.1 Å². The summed E-state index contributed by atoms with van der Waals surface area (Å²) in [6, 6.07) is 13.5. The molecule has 33 heavy (non-hydrogen) atoms. The van der Waals surface area contributed by atoms with E-state index in [2.05, 4.69) is 15.2 Å². The van der Waals surface area contributed by atoms with Crippen molar-refractivity contribution in [1.29, 1.82) is 0 Å². The second-order valence-electron chi connectivity index (χ2n) is 7.92. The van der Waals surface area contributed by atoms with Gasteiger partial charge in [-0.15, -0.1) is 0 Å². The molecule has 0 fully saturated rings. The Labute approximate surface area is 189 Å². The van der Waals surface area contributed by atoms with Crippen LogP contribution in [-0.2, 0) is 31.2 Å². The Morgan fingerprint density at radius 3 is 2.88 bits per heavy atom. The van der Waals surface area contributed by atoms with E-state index in [1.54, 1.807) is 23.9 Å². The molecular formula is C24H22FN5O3. The minimum Gasteiger partial charge on any atom is -0.497 e. The molecule has 0 spiro atoms. The number of hydrogen-bond acceptors (Lipinski definition) is 6. The summed E-state index contributed by atoms with van der Waals surface area (Å²) in [6.07, 6.45) is 0.958. The van der Waals surface area contributed by atoms with E-state index >= 15 is 0 Å². The van der Waals surface area contributed by atoms with E-state index < -0.39 is 0 Å². The monoisotopic (exact) mass is 447 g/mol. The Bertz CT molecular complexity index is 1330. The summed E-state index contributed by atoms with van der Waals surface area (Å²) >= 11 is 0. The van der Waals surface area contributed by atoms with Gasteiger partial charge in [0, 0.05) is 43.4 Å².